The number of hydrogen-bond donors (Lipinski definition) is 2. The summed E-state index contributed by atoms with van der Waals surface area (Å²) in [5.74, 6) is 0.424. The summed E-state index contributed by atoms with van der Waals surface area (Å²) in [6.45, 7) is 8.30. The van der Waals surface area contributed by atoms with E-state index in [0.717, 1.165) is 10.6 Å². The molecule has 1 atom stereocenters. The number of thiazole rings is 1. The third kappa shape index (κ3) is 5.84. The van der Waals surface area contributed by atoms with Gasteiger partial charge in [0.1, 0.15) is 0 Å². The summed E-state index contributed by atoms with van der Waals surface area (Å²) < 4.78 is 1.89. The van der Waals surface area contributed by atoms with Gasteiger partial charge in [-0.3, -0.25) is 9.59 Å². The fourth-order valence-corrected chi connectivity index (χ4v) is 4.55. The predicted octanol–water partition coefficient (Wildman–Crippen LogP) is 4.25. The van der Waals surface area contributed by atoms with Crippen LogP contribution in [0.4, 0.5) is 5.13 Å². The lowest BCUT2D eigenvalue weighted by molar-refractivity contribution is -0.113. The molecular formula is C20H23ClN6O2S2. The Morgan fingerprint density at radius 3 is 2.55 bits per heavy atom. The third-order valence-corrected chi connectivity index (χ3v) is 6.72. The number of aryl methyl sites for hydroxylation is 2. The second-order valence-corrected chi connectivity index (χ2v) is 9.37. The fourth-order valence-electron chi connectivity index (χ4n) is 2.78. The van der Waals surface area contributed by atoms with E-state index in [0.29, 0.717) is 33.2 Å². The van der Waals surface area contributed by atoms with Gasteiger partial charge in [0, 0.05) is 22.0 Å². The number of aromatic nitrogens is 4. The molecule has 0 bridgehead atoms. The summed E-state index contributed by atoms with van der Waals surface area (Å²) >= 11 is 8.62. The molecule has 2 heterocycles. The molecule has 2 N–H and O–H groups in total. The summed E-state index contributed by atoms with van der Waals surface area (Å²) in [5.41, 5.74) is 1.43. The number of nitrogens with one attached hydrogen (secondary N) is 2. The molecule has 0 saturated heterocycles. The van der Waals surface area contributed by atoms with Crippen LogP contribution in [0.5, 0.6) is 0 Å². The van der Waals surface area contributed by atoms with Gasteiger partial charge in [0.2, 0.25) is 5.91 Å². The Morgan fingerprint density at radius 2 is 1.94 bits per heavy atom. The number of carbonyl (C=O) groups excluding carboxylic acids is 2. The number of carbonyl (C=O) groups is 2. The molecule has 0 radical (unpaired) electrons. The number of anilines is 1. The van der Waals surface area contributed by atoms with Crippen molar-refractivity contribution in [1.82, 2.24) is 25.1 Å². The Hall–Kier alpha value is -2.43. The summed E-state index contributed by atoms with van der Waals surface area (Å²) in [6, 6.07) is 6.31. The van der Waals surface area contributed by atoms with Crippen LogP contribution >= 0.6 is 34.7 Å². The Bertz CT molecular complexity index is 1060. The minimum absolute atomic E-state index is 0.157. The molecule has 31 heavy (non-hydrogen) atoms. The van der Waals surface area contributed by atoms with Crippen LogP contribution in [0.1, 0.15) is 46.6 Å². The molecule has 3 rings (SSSR count). The zero-order chi connectivity index (χ0) is 22.5. The Labute approximate surface area is 193 Å². The topological polar surface area (TPSA) is 102 Å². The molecule has 2 amide bonds. The van der Waals surface area contributed by atoms with Crippen LogP contribution in [0.3, 0.4) is 0 Å². The summed E-state index contributed by atoms with van der Waals surface area (Å²) in [6.07, 6.45) is 0. The predicted molar refractivity (Wildman–Crippen MR) is 124 cm³/mol. The van der Waals surface area contributed by atoms with E-state index in [1.807, 2.05) is 32.3 Å². The third-order valence-electron chi connectivity index (χ3n) is 4.51. The SMILES string of the molecule is CCn1c(SCC(=O)Nc2nc(C)c(C)s2)nnc1[C@@H](C)NC(=O)c1ccc(Cl)cc1. The second kappa shape index (κ2) is 10.3. The zero-order valence-electron chi connectivity index (χ0n) is 17.6. The molecule has 11 heteroatoms. The lowest BCUT2D eigenvalue weighted by Crippen LogP contribution is -2.28. The van der Waals surface area contributed by atoms with Gasteiger partial charge in [-0.1, -0.05) is 23.4 Å². The van der Waals surface area contributed by atoms with E-state index in [4.69, 9.17) is 11.6 Å². The zero-order valence-corrected chi connectivity index (χ0v) is 20.0. The number of amides is 2. The molecule has 0 aliphatic rings. The van der Waals surface area contributed by atoms with Crippen molar-refractivity contribution in [3.8, 4) is 0 Å². The molecule has 1 aromatic carbocycles. The maximum Gasteiger partial charge on any atom is 0.251 e. The Balaban J connectivity index is 1.62. The lowest BCUT2D eigenvalue weighted by atomic mass is 10.2. The van der Waals surface area contributed by atoms with E-state index < -0.39 is 0 Å². The first-order valence-electron chi connectivity index (χ1n) is 9.64. The minimum atomic E-state index is -0.361. The van der Waals surface area contributed by atoms with Gasteiger partial charge < -0.3 is 15.2 Å². The van der Waals surface area contributed by atoms with Crippen LogP contribution in [0, 0.1) is 13.8 Å². The number of benzene rings is 1. The molecule has 0 unspecified atom stereocenters. The highest BCUT2D eigenvalue weighted by Gasteiger charge is 2.20. The molecule has 0 aliphatic heterocycles. The highest BCUT2D eigenvalue weighted by Crippen LogP contribution is 2.23. The van der Waals surface area contributed by atoms with Gasteiger partial charge in [-0.25, -0.2) is 4.98 Å². The van der Waals surface area contributed by atoms with Crippen molar-refractivity contribution in [3.63, 3.8) is 0 Å². The van der Waals surface area contributed by atoms with Crippen molar-refractivity contribution >= 4 is 51.6 Å². The van der Waals surface area contributed by atoms with E-state index in [2.05, 4.69) is 25.8 Å². The van der Waals surface area contributed by atoms with Crippen molar-refractivity contribution in [2.24, 2.45) is 0 Å². The number of rotatable bonds is 8. The molecule has 0 aliphatic carbocycles. The van der Waals surface area contributed by atoms with Crippen LogP contribution in [0.25, 0.3) is 0 Å². The van der Waals surface area contributed by atoms with Gasteiger partial charge in [-0.2, -0.15) is 0 Å². The molecule has 0 fully saturated rings. The average molecular weight is 479 g/mol. The number of nitrogens with zero attached hydrogens (tertiary/aromatic N) is 4. The van der Waals surface area contributed by atoms with Gasteiger partial charge in [0.25, 0.3) is 5.91 Å². The van der Waals surface area contributed by atoms with Crippen molar-refractivity contribution in [2.45, 2.75) is 45.4 Å². The highest BCUT2D eigenvalue weighted by atomic mass is 35.5. The molecule has 0 spiro atoms. The van der Waals surface area contributed by atoms with Crippen LogP contribution in [-0.4, -0.2) is 37.3 Å². The van der Waals surface area contributed by atoms with E-state index >= 15 is 0 Å². The quantitative estimate of drug-likeness (QED) is 0.469. The smallest absolute Gasteiger partial charge is 0.251 e. The van der Waals surface area contributed by atoms with Crippen LogP contribution < -0.4 is 10.6 Å². The molecule has 164 valence electrons. The first-order chi connectivity index (χ1) is 14.8. The second-order valence-electron chi connectivity index (χ2n) is 6.78. The van der Waals surface area contributed by atoms with Gasteiger partial charge in [-0.15, -0.1) is 21.5 Å². The van der Waals surface area contributed by atoms with Crippen molar-refractivity contribution in [2.75, 3.05) is 11.1 Å². The summed E-state index contributed by atoms with van der Waals surface area (Å²) in [5, 5.41) is 16.0. The molecule has 0 saturated carbocycles. The van der Waals surface area contributed by atoms with E-state index in [9.17, 15) is 9.59 Å². The highest BCUT2D eigenvalue weighted by molar-refractivity contribution is 7.99. The lowest BCUT2D eigenvalue weighted by Gasteiger charge is -2.15. The maximum atomic E-state index is 12.5. The average Bonchev–Trinajstić information content (AvgIpc) is 3.29. The van der Waals surface area contributed by atoms with E-state index in [1.54, 1.807) is 24.3 Å². The molecule has 8 nitrogen and oxygen atoms in total. The van der Waals surface area contributed by atoms with Gasteiger partial charge in [0.15, 0.2) is 16.1 Å². The number of thioether (sulfide) groups is 1. The number of halogens is 1. The van der Waals surface area contributed by atoms with Crippen molar-refractivity contribution in [1.29, 1.82) is 0 Å². The van der Waals surface area contributed by atoms with E-state index in [1.165, 1.54) is 23.1 Å². The Kier molecular flexibility index (Phi) is 7.69. The number of hydrogen-bond acceptors (Lipinski definition) is 7. The van der Waals surface area contributed by atoms with Crippen LogP contribution in [-0.2, 0) is 11.3 Å². The van der Waals surface area contributed by atoms with Gasteiger partial charge in [-0.05, 0) is 52.0 Å². The minimum Gasteiger partial charge on any atom is -0.342 e. The molecule has 2 aromatic heterocycles. The maximum absolute atomic E-state index is 12.5. The summed E-state index contributed by atoms with van der Waals surface area (Å²) in [4.78, 5) is 30.2. The molecule has 3 aromatic rings. The van der Waals surface area contributed by atoms with Gasteiger partial charge in [0.05, 0.1) is 17.5 Å². The van der Waals surface area contributed by atoms with Crippen LogP contribution in [0.15, 0.2) is 29.4 Å². The Morgan fingerprint density at radius 1 is 1.23 bits per heavy atom. The first kappa shape index (κ1) is 23.2. The fraction of sp³-hybridized carbons (Fsp3) is 0.350. The van der Waals surface area contributed by atoms with E-state index in [-0.39, 0.29) is 23.6 Å². The monoisotopic (exact) mass is 478 g/mol. The van der Waals surface area contributed by atoms with Crippen molar-refractivity contribution in [3.05, 3.63) is 51.2 Å². The normalized spacial score (nSPS) is 11.9. The largest absolute Gasteiger partial charge is 0.342 e. The molecular weight excluding hydrogens is 456 g/mol. The van der Waals surface area contributed by atoms with Gasteiger partial charge >= 0.3 is 0 Å². The standard InChI is InChI=1S/C20H23ClN6O2S2/c1-5-27-17(12(3)22-18(29)14-6-8-15(21)9-7-14)25-26-20(27)30-10-16(28)24-19-23-11(2)13(4)31-19/h6-9,12H,5,10H2,1-4H3,(H,22,29)(H,23,24,28)/t12-/m1/s1. The van der Waals surface area contributed by atoms with Crippen molar-refractivity contribution < 1.29 is 9.59 Å². The summed E-state index contributed by atoms with van der Waals surface area (Å²) in [7, 11) is 0. The van der Waals surface area contributed by atoms with Crippen LogP contribution in [0.2, 0.25) is 5.02 Å². The first-order valence-corrected chi connectivity index (χ1v) is 11.8.